The number of H-pyrrole nitrogens is 1. The van der Waals surface area contributed by atoms with Gasteiger partial charge < -0.3 is 24.2 Å². The van der Waals surface area contributed by atoms with Crippen LogP contribution >= 0.6 is 0 Å². The number of phenols is 1. The van der Waals surface area contributed by atoms with E-state index in [2.05, 4.69) is 5.16 Å². The van der Waals surface area contributed by atoms with E-state index in [-0.39, 0.29) is 53.7 Å². The van der Waals surface area contributed by atoms with Gasteiger partial charge in [0, 0.05) is 12.5 Å². The fourth-order valence-corrected chi connectivity index (χ4v) is 4.73. The van der Waals surface area contributed by atoms with Gasteiger partial charge in [-0.15, -0.1) is 0 Å². The lowest BCUT2D eigenvalue weighted by Gasteiger charge is -2.17. The minimum absolute atomic E-state index is 0.0370. The maximum Gasteiger partial charge on any atom is 0.303 e. The van der Waals surface area contributed by atoms with Gasteiger partial charge in [0.05, 0.1) is 22.6 Å². The Bertz CT molecular complexity index is 1540. The number of carbonyl (C=O) groups excluding carboxylic acids is 1. The first-order chi connectivity index (χ1) is 18.4. The molecule has 1 aliphatic rings. The van der Waals surface area contributed by atoms with Crippen LogP contribution in [-0.2, 0) is 17.8 Å². The van der Waals surface area contributed by atoms with Crippen molar-refractivity contribution >= 4 is 22.7 Å². The van der Waals surface area contributed by atoms with Crippen molar-refractivity contribution in [3.8, 4) is 17.2 Å². The van der Waals surface area contributed by atoms with Crippen molar-refractivity contribution in [1.29, 1.82) is 0 Å². The standard InChI is InChI=1S/C29H27NO8/c31-24-15-20(37-19-5-1-2-6-19)10-12-21(24)27(34)23-7-3-4-18(9-13-26(32)33)28(23)36-16-17-8-11-22-25(14-17)38-30-29(22)35/h3-4,7-8,10-12,14-15,19,31H,1-2,5-6,9,13,16H2,(H,30,35)(H,32,33). The molecule has 0 aliphatic heterocycles. The third-order valence-corrected chi connectivity index (χ3v) is 6.70. The van der Waals surface area contributed by atoms with Gasteiger partial charge in [-0.05, 0) is 73.6 Å². The minimum atomic E-state index is -0.976. The summed E-state index contributed by atoms with van der Waals surface area (Å²) in [5.41, 5.74) is 1.55. The van der Waals surface area contributed by atoms with Crippen molar-refractivity contribution in [3.63, 3.8) is 0 Å². The Labute approximate surface area is 217 Å². The lowest BCUT2D eigenvalue weighted by molar-refractivity contribution is -0.136. The molecular weight excluding hydrogens is 490 g/mol. The van der Waals surface area contributed by atoms with E-state index >= 15 is 0 Å². The number of aromatic hydroxyl groups is 1. The monoisotopic (exact) mass is 517 g/mol. The molecule has 1 aliphatic carbocycles. The molecule has 1 heterocycles. The summed E-state index contributed by atoms with van der Waals surface area (Å²) >= 11 is 0. The number of fused-ring (bicyclic) bond motifs is 1. The van der Waals surface area contributed by atoms with Crippen LogP contribution < -0.4 is 15.0 Å². The number of aromatic nitrogens is 1. The number of nitrogens with one attached hydrogen (secondary N) is 1. The SMILES string of the molecule is O=C(O)CCc1cccc(C(=O)c2ccc(OC3CCCC3)cc2O)c1OCc1ccc2c(=O)[nH]oc2c1. The molecule has 0 radical (unpaired) electrons. The highest BCUT2D eigenvalue weighted by atomic mass is 16.5. The molecule has 5 rings (SSSR count). The van der Waals surface area contributed by atoms with Crippen molar-refractivity contribution in [2.75, 3.05) is 0 Å². The van der Waals surface area contributed by atoms with E-state index in [4.69, 9.17) is 14.0 Å². The molecule has 0 amide bonds. The summed E-state index contributed by atoms with van der Waals surface area (Å²) in [6.45, 7) is 0.0370. The van der Waals surface area contributed by atoms with E-state index in [1.54, 1.807) is 42.5 Å². The number of carbonyl (C=O) groups is 2. The van der Waals surface area contributed by atoms with E-state index < -0.39 is 11.8 Å². The number of aliphatic carboxylic acids is 1. The Kier molecular flexibility index (Phi) is 7.17. The molecule has 0 unspecified atom stereocenters. The van der Waals surface area contributed by atoms with E-state index in [0.717, 1.165) is 25.7 Å². The molecule has 3 aromatic carbocycles. The molecule has 0 spiro atoms. The van der Waals surface area contributed by atoms with Crippen LogP contribution in [-0.4, -0.2) is 33.2 Å². The summed E-state index contributed by atoms with van der Waals surface area (Å²) in [5.74, 6) is -0.907. The average Bonchev–Trinajstić information content (AvgIpc) is 3.55. The molecule has 196 valence electrons. The largest absolute Gasteiger partial charge is 0.507 e. The lowest BCUT2D eigenvalue weighted by Crippen LogP contribution is -2.11. The Morgan fingerprint density at radius 1 is 1.03 bits per heavy atom. The second-order valence-electron chi connectivity index (χ2n) is 9.37. The molecule has 38 heavy (non-hydrogen) atoms. The predicted octanol–water partition coefficient (Wildman–Crippen LogP) is 4.98. The topological polar surface area (TPSA) is 139 Å². The third-order valence-electron chi connectivity index (χ3n) is 6.70. The van der Waals surface area contributed by atoms with E-state index in [9.17, 15) is 24.6 Å². The summed E-state index contributed by atoms with van der Waals surface area (Å²) < 4.78 is 17.2. The number of aryl methyl sites for hydroxylation is 1. The Balaban J connectivity index is 1.43. The fourth-order valence-electron chi connectivity index (χ4n) is 4.73. The summed E-state index contributed by atoms with van der Waals surface area (Å²) in [5, 5.41) is 22.6. The van der Waals surface area contributed by atoms with E-state index in [1.807, 2.05) is 0 Å². The lowest BCUT2D eigenvalue weighted by atomic mass is 9.97. The number of phenolic OH excluding ortho intramolecular Hbond substituents is 1. The molecule has 1 aromatic heterocycles. The van der Waals surface area contributed by atoms with Gasteiger partial charge in [0.2, 0.25) is 0 Å². The summed E-state index contributed by atoms with van der Waals surface area (Å²) in [7, 11) is 0. The van der Waals surface area contributed by atoms with Crippen LogP contribution in [0.2, 0.25) is 0 Å². The number of carboxylic acids is 1. The molecule has 1 saturated carbocycles. The molecule has 1 fully saturated rings. The molecule has 9 heteroatoms. The number of ketones is 1. The highest BCUT2D eigenvalue weighted by Crippen LogP contribution is 2.33. The van der Waals surface area contributed by atoms with Gasteiger partial charge in [-0.2, -0.15) is 5.16 Å². The van der Waals surface area contributed by atoms with Crippen LogP contribution in [0.3, 0.4) is 0 Å². The summed E-state index contributed by atoms with van der Waals surface area (Å²) in [4.78, 5) is 36.5. The normalized spacial score (nSPS) is 13.6. The number of aromatic amines is 1. The van der Waals surface area contributed by atoms with Crippen LogP contribution in [0.25, 0.3) is 11.0 Å². The third kappa shape index (κ3) is 5.41. The summed E-state index contributed by atoms with van der Waals surface area (Å²) in [6, 6.07) is 14.6. The molecule has 3 N–H and O–H groups in total. The second kappa shape index (κ2) is 10.8. The van der Waals surface area contributed by atoms with Gasteiger partial charge in [0.1, 0.15) is 23.9 Å². The van der Waals surface area contributed by atoms with Gasteiger partial charge in [-0.25, -0.2) is 0 Å². The first-order valence-corrected chi connectivity index (χ1v) is 12.5. The molecule has 9 nitrogen and oxygen atoms in total. The van der Waals surface area contributed by atoms with Crippen LogP contribution in [0.15, 0.2) is 63.9 Å². The molecule has 0 bridgehead atoms. The van der Waals surface area contributed by atoms with Crippen LogP contribution in [0, 0.1) is 0 Å². The summed E-state index contributed by atoms with van der Waals surface area (Å²) in [6.07, 6.45) is 4.28. The number of para-hydroxylation sites is 1. The van der Waals surface area contributed by atoms with Crippen LogP contribution in [0.1, 0.15) is 59.2 Å². The zero-order valence-corrected chi connectivity index (χ0v) is 20.6. The molecule has 0 atom stereocenters. The molecule has 4 aromatic rings. The van der Waals surface area contributed by atoms with Gasteiger partial charge in [-0.1, -0.05) is 18.2 Å². The van der Waals surface area contributed by atoms with Gasteiger partial charge >= 0.3 is 5.97 Å². The van der Waals surface area contributed by atoms with Crippen molar-refractivity contribution in [2.45, 2.75) is 51.2 Å². The van der Waals surface area contributed by atoms with Gasteiger partial charge in [0.15, 0.2) is 11.4 Å². The van der Waals surface area contributed by atoms with Crippen molar-refractivity contribution in [2.24, 2.45) is 0 Å². The second-order valence-corrected chi connectivity index (χ2v) is 9.37. The smallest absolute Gasteiger partial charge is 0.303 e. The number of benzene rings is 3. The van der Waals surface area contributed by atoms with Crippen LogP contribution in [0.4, 0.5) is 0 Å². The maximum atomic E-state index is 13.6. The van der Waals surface area contributed by atoms with Crippen molar-refractivity contribution in [1.82, 2.24) is 5.16 Å². The number of hydrogen-bond acceptors (Lipinski definition) is 7. The zero-order valence-electron chi connectivity index (χ0n) is 20.6. The molecule has 0 saturated heterocycles. The maximum absolute atomic E-state index is 13.6. The van der Waals surface area contributed by atoms with Gasteiger partial charge in [0.25, 0.3) is 5.56 Å². The predicted molar refractivity (Wildman–Crippen MR) is 138 cm³/mol. The zero-order chi connectivity index (χ0) is 26.6. The quantitative estimate of drug-likeness (QED) is 0.251. The van der Waals surface area contributed by atoms with Crippen LogP contribution in [0.5, 0.6) is 17.2 Å². The number of hydrogen-bond donors (Lipinski definition) is 3. The molecular formula is C29H27NO8. The number of rotatable bonds is 10. The van der Waals surface area contributed by atoms with Crippen molar-refractivity contribution < 1.29 is 33.8 Å². The average molecular weight is 518 g/mol. The first kappa shape index (κ1) is 25.1. The Morgan fingerprint density at radius 3 is 2.61 bits per heavy atom. The first-order valence-electron chi connectivity index (χ1n) is 12.5. The Morgan fingerprint density at radius 2 is 1.84 bits per heavy atom. The highest BCUT2D eigenvalue weighted by Gasteiger charge is 2.23. The Hall–Kier alpha value is -4.53. The fraction of sp³-hybridized carbons (Fsp3) is 0.276. The number of ether oxygens (including phenoxy) is 2. The van der Waals surface area contributed by atoms with Gasteiger partial charge in [-0.3, -0.25) is 14.4 Å². The van der Waals surface area contributed by atoms with E-state index in [1.165, 1.54) is 12.1 Å². The van der Waals surface area contributed by atoms with E-state index in [0.29, 0.717) is 27.8 Å². The highest BCUT2D eigenvalue weighted by molar-refractivity contribution is 6.12. The minimum Gasteiger partial charge on any atom is -0.507 e. The number of carboxylic acid groups (broad SMARTS) is 1. The van der Waals surface area contributed by atoms with Crippen molar-refractivity contribution in [3.05, 3.63) is 87.2 Å².